The Morgan fingerprint density at radius 2 is 2.00 bits per heavy atom. The van der Waals surface area contributed by atoms with Gasteiger partial charge < -0.3 is 10.6 Å². The monoisotopic (exact) mass is 291 g/mol. The van der Waals surface area contributed by atoms with Crippen molar-refractivity contribution in [3.63, 3.8) is 0 Å². The molecule has 0 spiro atoms. The highest BCUT2D eigenvalue weighted by Crippen LogP contribution is 2.44. The lowest BCUT2D eigenvalue weighted by molar-refractivity contribution is 0.0428. The Morgan fingerprint density at radius 3 is 2.48 bits per heavy atom. The summed E-state index contributed by atoms with van der Waals surface area (Å²) in [6.45, 7) is 4.40. The van der Waals surface area contributed by atoms with Crippen molar-refractivity contribution in [1.82, 2.24) is 15.3 Å². The van der Waals surface area contributed by atoms with Crippen molar-refractivity contribution >= 4 is 5.82 Å². The van der Waals surface area contributed by atoms with Gasteiger partial charge in [0.2, 0.25) is 0 Å². The summed E-state index contributed by atoms with van der Waals surface area (Å²) >= 11 is 0. The second kappa shape index (κ2) is 6.30. The van der Waals surface area contributed by atoms with E-state index in [1.807, 2.05) is 6.07 Å². The smallest absolute Gasteiger partial charge is 0.128 e. The van der Waals surface area contributed by atoms with E-state index < -0.39 is 0 Å². The van der Waals surface area contributed by atoms with Crippen molar-refractivity contribution in [3.05, 3.63) is 23.4 Å². The van der Waals surface area contributed by atoms with Crippen LogP contribution in [0.1, 0.15) is 49.8 Å². The molecule has 1 unspecified atom stereocenters. The van der Waals surface area contributed by atoms with E-state index in [2.05, 4.69) is 43.3 Å². The average molecular weight is 291 g/mol. The van der Waals surface area contributed by atoms with Gasteiger partial charge in [-0.05, 0) is 64.3 Å². The van der Waals surface area contributed by atoms with Gasteiger partial charge in [-0.1, -0.05) is 6.92 Å². The summed E-state index contributed by atoms with van der Waals surface area (Å²) in [5, 5.41) is 0. The van der Waals surface area contributed by atoms with Gasteiger partial charge in [-0.15, -0.1) is 0 Å². The van der Waals surface area contributed by atoms with Crippen molar-refractivity contribution in [2.24, 2.45) is 11.8 Å². The first-order valence-electron chi connectivity index (χ1n) is 7.77. The molecule has 1 fully saturated rings. The van der Waals surface area contributed by atoms with E-state index >= 15 is 0 Å². The van der Waals surface area contributed by atoms with Crippen LogP contribution in [0.3, 0.4) is 0 Å². The second-order valence-electron chi connectivity index (χ2n) is 6.71. The largest absolute Gasteiger partial charge is 0.383 e. The number of nitrogen functional groups attached to an aromatic ring is 1. The zero-order valence-electron chi connectivity index (χ0n) is 13.7. The maximum absolute atomic E-state index is 6.17. The summed E-state index contributed by atoms with van der Waals surface area (Å²) in [4.78, 5) is 6.59. The number of likely N-dealkylation sites (N-methyl/N-ethyl adjacent to an activating group) is 1. The van der Waals surface area contributed by atoms with E-state index in [1.165, 1.54) is 12.8 Å². The number of nitrogens with two attached hydrogens (primary N) is 2. The highest BCUT2D eigenvalue weighted by molar-refractivity contribution is 5.47. The lowest BCUT2D eigenvalue weighted by atomic mass is 9.70. The number of aromatic nitrogens is 1. The Kier molecular flexibility index (Phi) is 4.86. The maximum atomic E-state index is 6.17. The van der Waals surface area contributed by atoms with Gasteiger partial charge in [0.15, 0.2) is 0 Å². The van der Waals surface area contributed by atoms with Crippen LogP contribution in [0.25, 0.3) is 0 Å². The van der Waals surface area contributed by atoms with Crippen LogP contribution >= 0.6 is 0 Å². The molecular formula is C16H29N5. The Labute approximate surface area is 128 Å². The third-order valence-corrected chi connectivity index (χ3v) is 5.26. The van der Waals surface area contributed by atoms with Crippen LogP contribution in [-0.4, -0.2) is 29.5 Å². The number of hydrazine groups is 1. The molecule has 5 nitrogen and oxygen atoms in total. The molecule has 5 N–H and O–H groups in total. The SMILES string of the molecule is Cc1ccnc(N)c1C(NN)C1(N(C)C)CCC(C)CC1. The minimum absolute atomic E-state index is 0.00583. The van der Waals surface area contributed by atoms with Crippen molar-refractivity contribution < 1.29 is 0 Å². The van der Waals surface area contributed by atoms with Gasteiger partial charge in [0, 0.05) is 17.3 Å². The van der Waals surface area contributed by atoms with Crippen molar-refractivity contribution in [1.29, 1.82) is 0 Å². The minimum Gasteiger partial charge on any atom is -0.383 e. The van der Waals surface area contributed by atoms with Crippen LogP contribution < -0.4 is 17.0 Å². The third kappa shape index (κ3) is 2.91. The van der Waals surface area contributed by atoms with Gasteiger partial charge in [0.05, 0.1) is 6.04 Å². The molecule has 0 bridgehead atoms. The Hall–Kier alpha value is -1.17. The topological polar surface area (TPSA) is 80.2 Å². The highest BCUT2D eigenvalue weighted by atomic mass is 15.3. The van der Waals surface area contributed by atoms with E-state index in [0.717, 1.165) is 29.9 Å². The van der Waals surface area contributed by atoms with Gasteiger partial charge in [-0.25, -0.2) is 4.98 Å². The van der Waals surface area contributed by atoms with Crippen LogP contribution in [0.15, 0.2) is 12.3 Å². The highest BCUT2D eigenvalue weighted by Gasteiger charge is 2.44. The van der Waals surface area contributed by atoms with Crippen LogP contribution in [0.4, 0.5) is 5.82 Å². The standard InChI is InChI=1S/C16H29N5/c1-11-5-8-16(9-6-11,21(3)4)14(20-18)13-12(2)7-10-19-15(13)17/h7,10-11,14,20H,5-6,8-9,18H2,1-4H3,(H2,17,19). The fourth-order valence-corrected chi connectivity index (χ4v) is 3.73. The van der Waals surface area contributed by atoms with Crippen LogP contribution in [0, 0.1) is 12.8 Å². The molecule has 0 amide bonds. The predicted molar refractivity (Wildman–Crippen MR) is 87.5 cm³/mol. The van der Waals surface area contributed by atoms with Crippen LogP contribution in [0.5, 0.6) is 0 Å². The summed E-state index contributed by atoms with van der Waals surface area (Å²) in [7, 11) is 4.28. The molecule has 1 aliphatic rings. The fourth-order valence-electron chi connectivity index (χ4n) is 3.73. The number of nitrogens with zero attached hydrogens (tertiary/aromatic N) is 2. The molecule has 0 radical (unpaired) electrons. The maximum Gasteiger partial charge on any atom is 0.128 e. The number of nitrogens with one attached hydrogen (secondary N) is 1. The van der Waals surface area contributed by atoms with Crippen molar-refractivity contribution in [2.45, 2.75) is 51.1 Å². The molecule has 1 aromatic heterocycles. The van der Waals surface area contributed by atoms with E-state index in [9.17, 15) is 0 Å². The molecule has 1 heterocycles. The van der Waals surface area contributed by atoms with E-state index in [0.29, 0.717) is 5.82 Å². The summed E-state index contributed by atoms with van der Waals surface area (Å²) < 4.78 is 0. The molecule has 21 heavy (non-hydrogen) atoms. The van der Waals surface area contributed by atoms with Crippen LogP contribution in [0.2, 0.25) is 0 Å². The van der Waals surface area contributed by atoms with Crippen molar-refractivity contribution in [2.75, 3.05) is 19.8 Å². The molecule has 0 aromatic carbocycles. The van der Waals surface area contributed by atoms with Gasteiger partial charge in [0.1, 0.15) is 5.82 Å². The van der Waals surface area contributed by atoms with Gasteiger partial charge in [-0.3, -0.25) is 11.3 Å². The normalized spacial score (nSPS) is 27.8. The first kappa shape index (κ1) is 16.2. The molecule has 1 atom stereocenters. The lowest BCUT2D eigenvalue weighted by Crippen LogP contribution is -2.57. The molecule has 5 heteroatoms. The number of rotatable bonds is 4. The molecule has 1 aliphatic carbocycles. The van der Waals surface area contributed by atoms with E-state index in [-0.39, 0.29) is 11.6 Å². The molecule has 0 saturated heterocycles. The first-order chi connectivity index (χ1) is 9.92. The Balaban J connectivity index is 2.46. The summed E-state index contributed by atoms with van der Waals surface area (Å²) in [5.74, 6) is 7.33. The quantitative estimate of drug-likeness (QED) is 0.584. The van der Waals surface area contributed by atoms with E-state index in [4.69, 9.17) is 11.6 Å². The second-order valence-corrected chi connectivity index (χ2v) is 6.71. The van der Waals surface area contributed by atoms with Gasteiger partial charge in [0.25, 0.3) is 0 Å². The number of aryl methyl sites for hydroxylation is 1. The Morgan fingerprint density at radius 1 is 1.38 bits per heavy atom. The minimum atomic E-state index is -0.0107. The molecule has 1 saturated carbocycles. The number of pyridine rings is 1. The fraction of sp³-hybridized carbons (Fsp3) is 0.688. The van der Waals surface area contributed by atoms with Gasteiger partial charge in [-0.2, -0.15) is 0 Å². The zero-order chi connectivity index (χ0) is 15.6. The lowest BCUT2D eigenvalue weighted by Gasteiger charge is -2.50. The number of hydrogen-bond acceptors (Lipinski definition) is 5. The van der Waals surface area contributed by atoms with E-state index in [1.54, 1.807) is 6.20 Å². The molecule has 0 aliphatic heterocycles. The third-order valence-electron chi connectivity index (χ3n) is 5.26. The van der Waals surface area contributed by atoms with Crippen LogP contribution in [-0.2, 0) is 0 Å². The summed E-state index contributed by atoms with van der Waals surface area (Å²) in [6, 6.07) is 2.00. The average Bonchev–Trinajstić information content (AvgIpc) is 2.44. The summed E-state index contributed by atoms with van der Waals surface area (Å²) in [6.07, 6.45) is 6.42. The van der Waals surface area contributed by atoms with Gasteiger partial charge >= 0.3 is 0 Å². The molecular weight excluding hydrogens is 262 g/mol. The first-order valence-corrected chi connectivity index (χ1v) is 7.77. The zero-order valence-corrected chi connectivity index (χ0v) is 13.7. The summed E-state index contributed by atoms with van der Waals surface area (Å²) in [5.41, 5.74) is 11.4. The number of hydrogen-bond donors (Lipinski definition) is 3. The predicted octanol–water partition coefficient (Wildman–Crippen LogP) is 1.99. The number of anilines is 1. The molecule has 2 rings (SSSR count). The molecule has 1 aromatic rings. The Bertz CT molecular complexity index is 457. The molecule has 118 valence electrons. The van der Waals surface area contributed by atoms with Crippen molar-refractivity contribution in [3.8, 4) is 0 Å².